The van der Waals surface area contributed by atoms with Gasteiger partial charge in [-0.1, -0.05) is 65.8 Å². The zero-order valence-electron chi connectivity index (χ0n) is 23.2. The highest BCUT2D eigenvalue weighted by Gasteiger charge is 2.33. The minimum atomic E-state index is -0.791. The molecule has 0 unspecified atom stereocenters. The quantitative estimate of drug-likeness (QED) is 0.204. The van der Waals surface area contributed by atoms with Crippen LogP contribution in [0.25, 0.3) is 21.8 Å². The number of nitrogens with zero attached hydrogens (tertiary/aromatic N) is 2. The molecule has 0 amide bonds. The van der Waals surface area contributed by atoms with Crippen molar-refractivity contribution in [3.63, 3.8) is 0 Å². The van der Waals surface area contributed by atoms with E-state index < -0.39 is 6.16 Å². The van der Waals surface area contributed by atoms with Gasteiger partial charge >= 0.3 is 6.16 Å². The minimum absolute atomic E-state index is 0.113. The highest BCUT2D eigenvalue weighted by molar-refractivity contribution is 5.90. The number of fused-ring (bicyclic) bond motifs is 2. The maximum Gasteiger partial charge on any atom is 0.519 e. The summed E-state index contributed by atoms with van der Waals surface area (Å²) in [4.78, 5) is 23.2. The maximum atomic E-state index is 13.1. The van der Waals surface area contributed by atoms with E-state index in [-0.39, 0.29) is 10.8 Å². The van der Waals surface area contributed by atoms with E-state index in [1.165, 1.54) is 36.8 Å². The van der Waals surface area contributed by atoms with Crippen LogP contribution in [-0.2, 0) is 10.8 Å². The number of ether oxygens (including phenoxy) is 2. The van der Waals surface area contributed by atoms with Crippen LogP contribution in [0.2, 0.25) is 0 Å². The van der Waals surface area contributed by atoms with E-state index in [0.29, 0.717) is 34.4 Å². The van der Waals surface area contributed by atoms with Crippen LogP contribution in [0.3, 0.4) is 0 Å². The Hall–Kier alpha value is -3.47. The summed E-state index contributed by atoms with van der Waals surface area (Å²) >= 11 is 0. The third-order valence-electron chi connectivity index (χ3n) is 7.52. The molecule has 2 fully saturated rings. The summed E-state index contributed by atoms with van der Waals surface area (Å²) in [5.41, 5.74) is 5.89. The number of hydrogen-bond acceptors (Lipinski definition) is 5. The molecular formula is C33H36N2O3. The first kappa shape index (κ1) is 24.8. The molecular weight excluding hydrogens is 472 g/mol. The van der Waals surface area contributed by atoms with Gasteiger partial charge < -0.3 is 9.47 Å². The average molecular weight is 509 g/mol. The van der Waals surface area contributed by atoms with Crippen molar-refractivity contribution in [3.05, 3.63) is 71.0 Å². The Labute approximate surface area is 224 Å². The Morgan fingerprint density at radius 2 is 1.08 bits per heavy atom. The molecule has 0 N–H and O–H groups in total. The number of para-hydroxylation sites is 2. The van der Waals surface area contributed by atoms with E-state index in [4.69, 9.17) is 19.4 Å². The smallest absolute Gasteiger partial charge is 0.392 e. The van der Waals surface area contributed by atoms with Gasteiger partial charge in [0, 0.05) is 21.6 Å². The van der Waals surface area contributed by atoms with Crippen molar-refractivity contribution >= 4 is 28.0 Å². The molecule has 2 saturated carbocycles. The number of rotatable bonds is 4. The molecule has 2 aromatic carbocycles. The molecule has 0 radical (unpaired) electrons. The first-order valence-corrected chi connectivity index (χ1v) is 13.8. The molecule has 5 heteroatoms. The molecule has 4 aromatic rings. The van der Waals surface area contributed by atoms with Crippen molar-refractivity contribution < 1.29 is 14.3 Å². The van der Waals surface area contributed by atoms with Gasteiger partial charge in [-0.3, -0.25) is 0 Å². The van der Waals surface area contributed by atoms with E-state index >= 15 is 0 Å². The Kier molecular flexibility index (Phi) is 5.75. The normalized spacial score (nSPS) is 16.2. The second kappa shape index (κ2) is 8.79. The van der Waals surface area contributed by atoms with E-state index in [1.54, 1.807) is 12.1 Å². The minimum Gasteiger partial charge on any atom is -0.392 e. The molecule has 0 atom stereocenters. The summed E-state index contributed by atoms with van der Waals surface area (Å²) in [5.74, 6) is 1.96. The number of carbonyl (C=O) groups is 1. The Bertz CT molecular complexity index is 1450. The van der Waals surface area contributed by atoms with E-state index in [9.17, 15) is 4.79 Å². The Morgan fingerprint density at radius 1 is 0.684 bits per heavy atom. The van der Waals surface area contributed by atoms with Gasteiger partial charge in [0.05, 0.1) is 11.4 Å². The second-order valence-corrected chi connectivity index (χ2v) is 13.0. The van der Waals surface area contributed by atoms with Gasteiger partial charge in [-0.25, -0.2) is 14.8 Å². The number of hydrogen-bond donors (Lipinski definition) is 0. The summed E-state index contributed by atoms with van der Waals surface area (Å²) in [5, 5.41) is 1.94. The van der Waals surface area contributed by atoms with Gasteiger partial charge in [0.1, 0.15) is 11.0 Å². The van der Waals surface area contributed by atoms with E-state index in [2.05, 4.69) is 53.7 Å². The molecule has 0 bridgehead atoms. The molecule has 6 rings (SSSR count). The van der Waals surface area contributed by atoms with Gasteiger partial charge in [-0.05, 0) is 72.9 Å². The lowest BCUT2D eigenvalue weighted by molar-refractivity contribution is 0.153. The molecule has 2 heterocycles. The topological polar surface area (TPSA) is 61.3 Å². The van der Waals surface area contributed by atoms with Gasteiger partial charge in [-0.2, -0.15) is 0 Å². The monoisotopic (exact) mass is 508 g/mol. The van der Waals surface area contributed by atoms with Crippen molar-refractivity contribution in [2.24, 2.45) is 0 Å². The number of aromatic nitrogens is 2. The van der Waals surface area contributed by atoms with Crippen LogP contribution < -0.4 is 9.47 Å². The van der Waals surface area contributed by atoms with Crippen LogP contribution in [0.1, 0.15) is 102 Å². The third-order valence-corrected chi connectivity index (χ3v) is 7.52. The first-order chi connectivity index (χ1) is 18.0. The molecule has 0 aliphatic heterocycles. The Morgan fingerprint density at radius 3 is 1.42 bits per heavy atom. The lowest BCUT2D eigenvalue weighted by Gasteiger charge is -2.23. The van der Waals surface area contributed by atoms with Gasteiger partial charge in [0.25, 0.3) is 0 Å². The third kappa shape index (κ3) is 4.75. The fraction of sp³-hybridized carbons (Fsp3) is 0.424. The van der Waals surface area contributed by atoms with Crippen LogP contribution in [0.15, 0.2) is 48.5 Å². The van der Waals surface area contributed by atoms with Crippen LogP contribution in [0.5, 0.6) is 11.5 Å². The number of pyridine rings is 2. The number of carbonyl (C=O) groups excluding carboxylic acids is 1. The summed E-state index contributed by atoms with van der Waals surface area (Å²) in [6.45, 7) is 13.1. The highest BCUT2D eigenvalue weighted by atomic mass is 16.7. The standard InChI is InChI=1S/C33H36N2O3/c1-32(2,3)29-23(19-13-14-19)17-21-9-7-11-25(27(21)34-29)37-31(36)38-26-12-8-10-22-18-24(20-15-16-20)30(33(4,5)6)35-28(22)26/h7-12,17-20H,13-16H2,1-6H3. The molecule has 2 aliphatic rings. The summed E-state index contributed by atoms with van der Waals surface area (Å²) in [6.07, 6.45) is 4.03. The summed E-state index contributed by atoms with van der Waals surface area (Å²) in [6, 6.07) is 15.8. The number of benzene rings is 2. The largest absolute Gasteiger partial charge is 0.519 e. The fourth-order valence-electron chi connectivity index (χ4n) is 5.35. The summed E-state index contributed by atoms with van der Waals surface area (Å²) in [7, 11) is 0. The molecule has 196 valence electrons. The van der Waals surface area contributed by atoms with Crippen molar-refractivity contribution in [1.82, 2.24) is 9.97 Å². The second-order valence-electron chi connectivity index (χ2n) is 13.0. The molecule has 5 nitrogen and oxygen atoms in total. The zero-order valence-corrected chi connectivity index (χ0v) is 23.2. The van der Waals surface area contributed by atoms with E-state index in [0.717, 1.165) is 22.2 Å². The van der Waals surface area contributed by atoms with E-state index in [1.807, 2.05) is 24.3 Å². The molecule has 0 spiro atoms. The maximum absolute atomic E-state index is 13.1. The van der Waals surface area contributed by atoms with Crippen LogP contribution >= 0.6 is 0 Å². The first-order valence-electron chi connectivity index (χ1n) is 13.8. The Balaban J connectivity index is 1.34. The van der Waals surface area contributed by atoms with Gasteiger partial charge in [0.15, 0.2) is 11.5 Å². The van der Waals surface area contributed by atoms with Gasteiger partial charge in [-0.15, -0.1) is 0 Å². The highest BCUT2D eigenvalue weighted by Crippen LogP contribution is 2.46. The molecule has 2 aliphatic carbocycles. The van der Waals surface area contributed by atoms with Gasteiger partial charge in [0.2, 0.25) is 0 Å². The van der Waals surface area contributed by atoms with Crippen LogP contribution in [0.4, 0.5) is 4.79 Å². The SMILES string of the molecule is CC(C)(C)c1nc2c(OC(=O)Oc3cccc4cc(C5CC5)c(C(C)(C)C)nc34)cccc2cc1C1CC1. The summed E-state index contributed by atoms with van der Waals surface area (Å²) < 4.78 is 11.6. The average Bonchev–Trinajstić information content (AvgIpc) is 3.75. The van der Waals surface area contributed by atoms with Crippen molar-refractivity contribution in [3.8, 4) is 11.5 Å². The lowest BCUT2D eigenvalue weighted by atomic mass is 9.86. The van der Waals surface area contributed by atoms with Crippen LogP contribution in [-0.4, -0.2) is 16.1 Å². The molecule has 0 saturated heterocycles. The molecule has 38 heavy (non-hydrogen) atoms. The van der Waals surface area contributed by atoms with Crippen molar-refractivity contribution in [2.45, 2.75) is 89.9 Å². The lowest BCUT2D eigenvalue weighted by Crippen LogP contribution is -2.18. The van der Waals surface area contributed by atoms with Crippen LogP contribution in [0, 0.1) is 0 Å². The van der Waals surface area contributed by atoms with Crippen molar-refractivity contribution in [1.29, 1.82) is 0 Å². The predicted molar refractivity (Wildman–Crippen MR) is 151 cm³/mol. The van der Waals surface area contributed by atoms with Crippen molar-refractivity contribution in [2.75, 3.05) is 0 Å². The zero-order chi connectivity index (χ0) is 26.8. The predicted octanol–water partition coefficient (Wildman–Crippen LogP) is 8.71. The fourth-order valence-corrected chi connectivity index (χ4v) is 5.35. The molecule has 2 aromatic heterocycles.